The minimum Gasteiger partial charge on any atom is -0.378 e. The molecule has 3 rings (SSSR count). The zero-order valence-corrected chi connectivity index (χ0v) is 12.9. The smallest absolute Gasteiger partial charge is 0.0951 e. The molecule has 2 fully saturated rings. The van der Waals surface area contributed by atoms with Gasteiger partial charge in [-0.15, -0.1) is 0 Å². The Morgan fingerprint density at radius 2 is 2.15 bits per heavy atom. The Hall–Kier alpha value is -0.870. The molecular formula is C16H27N3O. The van der Waals surface area contributed by atoms with Crippen LogP contribution in [0.2, 0.25) is 0 Å². The second-order valence-corrected chi connectivity index (χ2v) is 6.77. The first kappa shape index (κ1) is 14.1. The van der Waals surface area contributed by atoms with Gasteiger partial charge in [-0.1, -0.05) is 13.8 Å². The average molecular weight is 277 g/mol. The standard InChI is InChI=1S/C16H27N3O/c1-4-20-15-9-14(16(15,2)3)19-11-18-10-13(19)12-5-7-17-8-6-12/h10-12,14-15,17H,4-9H2,1-3H3. The van der Waals surface area contributed by atoms with Crippen LogP contribution in [0.4, 0.5) is 0 Å². The van der Waals surface area contributed by atoms with Crippen LogP contribution in [-0.2, 0) is 4.74 Å². The molecule has 0 radical (unpaired) electrons. The number of nitrogens with one attached hydrogen (secondary N) is 1. The van der Waals surface area contributed by atoms with Crippen molar-refractivity contribution in [3.63, 3.8) is 0 Å². The average Bonchev–Trinajstić information content (AvgIpc) is 2.92. The van der Waals surface area contributed by atoms with Crippen LogP contribution in [0.3, 0.4) is 0 Å². The van der Waals surface area contributed by atoms with E-state index in [0.29, 0.717) is 18.1 Å². The monoisotopic (exact) mass is 277 g/mol. The maximum Gasteiger partial charge on any atom is 0.0951 e. The number of ether oxygens (including phenoxy) is 1. The summed E-state index contributed by atoms with van der Waals surface area (Å²) in [6, 6.07) is 0.534. The van der Waals surface area contributed by atoms with E-state index in [9.17, 15) is 0 Å². The van der Waals surface area contributed by atoms with Gasteiger partial charge in [0.2, 0.25) is 0 Å². The van der Waals surface area contributed by atoms with Crippen molar-refractivity contribution in [1.82, 2.24) is 14.9 Å². The highest BCUT2D eigenvalue weighted by Gasteiger charge is 2.50. The molecule has 2 atom stereocenters. The van der Waals surface area contributed by atoms with Gasteiger partial charge in [0.15, 0.2) is 0 Å². The highest BCUT2D eigenvalue weighted by molar-refractivity contribution is 5.14. The first-order valence-electron chi connectivity index (χ1n) is 7.98. The third-order valence-corrected chi connectivity index (χ3v) is 5.28. The van der Waals surface area contributed by atoms with Gasteiger partial charge in [-0.2, -0.15) is 0 Å². The Bertz CT molecular complexity index is 448. The molecule has 0 spiro atoms. The van der Waals surface area contributed by atoms with Crippen LogP contribution in [-0.4, -0.2) is 35.4 Å². The Morgan fingerprint density at radius 1 is 1.40 bits per heavy atom. The van der Waals surface area contributed by atoms with E-state index in [-0.39, 0.29) is 5.41 Å². The van der Waals surface area contributed by atoms with Gasteiger partial charge in [-0.3, -0.25) is 0 Å². The fourth-order valence-corrected chi connectivity index (χ4v) is 3.83. The molecule has 1 saturated carbocycles. The van der Waals surface area contributed by atoms with Crippen molar-refractivity contribution in [2.45, 2.75) is 58.1 Å². The van der Waals surface area contributed by atoms with Gasteiger partial charge in [0.1, 0.15) is 0 Å². The van der Waals surface area contributed by atoms with Gasteiger partial charge in [0.25, 0.3) is 0 Å². The summed E-state index contributed by atoms with van der Waals surface area (Å²) in [4.78, 5) is 4.44. The number of piperidine rings is 1. The lowest BCUT2D eigenvalue weighted by molar-refractivity contribution is -0.128. The number of imidazole rings is 1. The van der Waals surface area contributed by atoms with Gasteiger partial charge in [0.05, 0.1) is 12.4 Å². The molecule has 1 saturated heterocycles. The van der Waals surface area contributed by atoms with Crippen LogP contribution < -0.4 is 5.32 Å². The second-order valence-electron chi connectivity index (χ2n) is 6.77. The van der Waals surface area contributed by atoms with Crippen LogP contribution in [0.5, 0.6) is 0 Å². The van der Waals surface area contributed by atoms with Crippen molar-refractivity contribution < 1.29 is 4.74 Å². The molecule has 0 aromatic carbocycles. The molecule has 4 heteroatoms. The summed E-state index contributed by atoms with van der Waals surface area (Å²) < 4.78 is 8.30. The van der Waals surface area contributed by atoms with E-state index in [1.807, 2.05) is 6.33 Å². The van der Waals surface area contributed by atoms with Gasteiger partial charge < -0.3 is 14.6 Å². The van der Waals surface area contributed by atoms with E-state index in [0.717, 1.165) is 26.1 Å². The summed E-state index contributed by atoms with van der Waals surface area (Å²) in [5.74, 6) is 0.667. The summed E-state index contributed by atoms with van der Waals surface area (Å²) in [5, 5.41) is 3.44. The molecule has 2 unspecified atom stereocenters. The minimum absolute atomic E-state index is 0.207. The topological polar surface area (TPSA) is 39.1 Å². The molecule has 1 N–H and O–H groups in total. The van der Waals surface area contributed by atoms with Gasteiger partial charge in [-0.05, 0) is 39.3 Å². The first-order valence-corrected chi connectivity index (χ1v) is 7.98. The molecule has 2 heterocycles. The third-order valence-electron chi connectivity index (χ3n) is 5.28. The van der Waals surface area contributed by atoms with E-state index < -0.39 is 0 Å². The van der Waals surface area contributed by atoms with E-state index in [1.54, 1.807) is 0 Å². The van der Waals surface area contributed by atoms with Crippen molar-refractivity contribution >= 4 is 0 Å². The summed E-state index contributed by atoms with van der Waals surface area (Å²) in [7, 11) is 0. The SMILES string of the molecule is CCOC1CC(n2cncc2C2CCNCC2)C1(C)C. The number of rotatable bonds is 4. The van der Waals surface area contributed by atoms with E-state index in [1.165, 1.54) is 18.5 Å². The van der Waals surface area contributed by atoms with Crippen molar-refractivity contribution in [2.24, 2.45) is 5.41 Å². The molecule has 20 heavy (non-hydrogen) atoms. The highest BCUT2D eigenvalue weighted by Crippen LogP contribution is 2.52. The zero-order chi connectivity index (χ0) is 14.2. The Labute approximate surface area is 121 Å². The van der Waals surface area contributed by atoms with Crippen molar-refractivity contribution in [3.8, 4) is 0 Å². The summed E-state index contributed by atoms with van der Waals surface area (Å²) in [6.07, 6.45) is 8.09. The number of hydrogen-bond acceptors (Lipinski definition) is 3. The van der Waals surface area contributed by atoms with Gasteiger partial charge in [0, 0.05) is 35.9 Å². The van der Waals surface area contributed by atoms with Crippen molar-refractivity contribution in [2.75, 3.05) is 19.7 Å². The molecule has 0 amide bonds. The number of nitrogens with zero attached hydrogens (tertiary/aromatic N) is 2. The lowest BCUT2D eigenvalue weighted by Gasteiger charge is -2.52. The van der Waals surface area contributed by atoms with Crippen molar-refractivity contribution in [3.05, 3.63) is 18.2 Å². The maximum absolute atomic E-state index is 5.86. The van der Waals surface area contributed by atoms with E-state index >= 15 is 0 Å². The predicted molar refractivity (Wildman–Crippen MR) is 79.9 cm³/mol. The maximum atomic E-state index is 5.86. The molecule has 1 aliphatic heterocycles. The molecule has 1 aromatic heterocycles. The third kappa shape index (κ3) is 2.29. The normalized spacial score (nSPS) is 30.1. The van der Waals surface area contributed by atoms with Crippen LogP contribution >= 0.6 is 0 Å². The summed E-state index contributed by atoms with van der Waals surface area (Å²) in [5.41, 5.74) is 1.64. The first-order chi connectivity index (χ1) is 9.64. The fraction of sp³-hybridized carbons (Fsp3) is 0.812. The van der Waals surface area contributed by atoms with Crippen molar-refractivity contribution in [1.29, 1.82) is 0 Å². The number of hydrogen-bond donors (Lipinski definition) is 1. The fourth-order valence-electron chi connectivity index (χ4n) is 3.83. The Morgan fingerprint density at radius 3 is 2.80 bits per heavy atom. The second kappa shape index (κ2) is 5.49. The van der Waals surface area contributed by atoms with Crippen LogP contribution in [0.1, 0.15) is 57.7 Å². The van der Waals surface area contributed by atoms with Gasteiger partial charge >= 0.3 is 0 Å². The molecule has 1 aromatic rings. The predicted octanol–water partition coefficient (Wildman–Crippen LogP) is 2.73. The van der Waals surface area contributed by atoms with E-state index in [2.05, 4.69) is 41.8 Å². The molecule has 4 nitrogen and oxygen atoms in total. The lowest BCUT2D eigenvalue weighted by atomic mass is 9.64. The lowest BCUT2D eigenvalue weighted by Crippen LogP contribution is -2.51. The molecule has 2 aliphatic rings. The number of aromatic nitrogens is 2. The van der Waals surface area contributed by atoms with Crippen LogP contribution in [0.25, 0.3) is 0 Å². The van der Waals surface area contributed by atoms with Crippen LogP contribution in [0, 0.1) is 5.41 Å². The minimum atomic E-state index is 0.207. The molecule has 1 aliphatic carbocycles. The molecule has 0 bridgehead atoms. The largest absolute Gasteiger partial charge is 0.378 e. The Kier molecular flexibility index (Phi) is 3.87. The molecule has 112 valence electrons. The Balaban J connectivity index is 1.77. The highest BCUT2D eigenvalue weighted by atomic mass is 16.5. The van der Waals surface area contributed by atoms with Gasteiger partial charge in [-0.25, -0.2) is 4.98 Å². The summed E-state index contributed by atoms with van der Waals surface area (Å²) in [6.45, 7) is 9.81. The quantitative estimate of drug-likeness (QED) is 0.919. The molecular weight excluding hydrogens is 250 g/mol. The van der Waals surface area contributed by atoms with Crippen LogP contribution in [0.15, 0.2) is 12.5 Å². The zero-order valence-electron chi connectivity index (χ0n) is 12.9. The van der Waals surface area contributed by atoms with E-state index in [4.69, 9.17) is 4.74 Å². The summed E-state index contributed by atoms with van der Waals surface area (Å²) >= 11 is 0.